The van der Waals surface area contributed by atoms with Crippen LogP contribution in [0.25, 0.3) is 0 Å². The summed E-state index contributed by atoms with van der Waals surface area (Å²) in [4.78, 5) is 9.64. The van der Waals surface area contributed by atoms with Crippen molar-refractivity contribution in [3.8, 4) is 5.75 Å². The molecule has 0 bridgehead atoms. The van der Waals surface area contributed by atoms with E-state index >= 15 is 0 Å². The predicted octanol–water partition coefficient (Wildman–Crippen LogP) is 3.93. The molecule has 1 fully saturated rings. The van der Waals surface area contributed by atoms with E-state index in [0.717, 1.165) is 37.7 Å². The number of hydrogen-bond acceptors (Lipinski definition) is 5. The molecule has 0 aliphatic carbocycles. The van der Waals surface area contributed by atoms with Crippen LogP contribution in [0, 0.1) is 5.92 Å². The minimum atomic E-state index is 0.772. The van der Waals surface area contributed by atoms with Gasteiger partial charge in [0.1, 0.15) is 10.8 Å². The second-order valence-electron chi connectivity index (χ2n) is 7.16. The molecule has 142 valence electrons. The van der Waals surface area contributed by atoms with Gasteiger partial charge in [-0.2, -0.15) is 0 Å². The molecule has 4 nitrogen and oxygen atoms in total. The standard InChI is InChI=1S/C21H31N3OS/c1-3-23(17-21-22-10-13-26-21)15-19-7-5-11-24(16-19)12-9-18-6-4-8-20(14-18)25-2/h4,6,8,10,13-14,19H,3,5,7,9,11-12,15-17H2,1-2H3. The number of methoxy groups -OCH3 is 1. The number of thiazole rings is 1. The van der Waals surface area contributed by atoms with E-state index in [1.165, 1.54) is 43.0 Å². The van der Waals surface area contributed by atoms with Crippen molar-refractivity contribution in [1.82, 2.24) is 14.8 Å². The van der Waals surface area contributed by atoms with Gasteiger partial charge in [0.05, 0.1) is 13.7 Å². The molecule has 0 saturated carbocycles. The molecular weight excluding hydrogens is 342 g/mol. The van der Waals surface area contributed by atoms with Gasteiger partial charge >= 0.3 is 0 Å². The lowest BCUT2D eigenvalue weighted by Crippen LogP contribution is -2.41. The van der Waals surface area contributed by atoms with Crippen LogP contribution in [-0.2, 0) is 13.0 Å². The summed E-state index contributed by atoms with van der Waals surface area (Å²) in [5.74, 6) is 1.73. The number of benzene rings is 1. The van der Waals surface area contributed by atoms with E-state index in [-0.39, 0.29) is 0 Å². The van der Waals surface area contributed by atoms with E-state index in [1.807, 2.05) is 12.3 Å². The molecule has 1 saturated heterocycles. The Morgan fingerprint density at radius 1 is 1.38 bits per heavy atom. The average Bonchev–Trinajstić information content (AvgIpc) is 3.19. The molecule has 2 aromatic rings. The van der Waals surface area contributed by atoms with Crippen molar-refractivity contribution >= 4 is 11.3 Å². The molecule has 1 aromatic carbocycles. The third-order valence-corrected chi connectivity index (χ3v) is 6.02. The highest BCUT2D eigenvalue weighted by atomic mass is 32.1. The molecule has 0 spiro atoms. The number of ether oxygens (including phenoxy) is 1. The molecule has 1 aliphatic rings. The molecule has 1 unspecified atom stereocenters. The summed E-state index contributed by atoms with van der Waals surface area (Å²) < 4.78 is 5.34. The second-order valence-corrected chi connectivity index (χ2v) is 8.14. The number of hydrogen-bond donors (Lipinski definition) is 0. The number of aromatic nitrogens is 1. The number of rotatable bonds is 9. The van der Waals surface area contributed by atoms with Crippen molar-refractivity contribution in [3.05, 3.63) is 46.4 Å². The third kappa shape index (κ3) is 5.79. The molecule has 26 heavy (non-hydrogen) atoms. The normalized spacial score (nSPS) is 18.3. The Hall–Kier alpha value is -1.43. The van der Waals surface area contributed by atoms with Crippen LogP contribution in [0.4, 0.5) is 0 Å². The van der Waals surface area contributed by atoms with Crippen molar-refractivity contribution in [3.63, 3.8) is 0 Å². The quantitative estimate of drug-likeness (QED) is 0.666. The summed E-state index contributed by atoms with van der Waals surface area (Å²) >= 11 is 1.76. The summed E-state index contributed by atoms with van der Waals surface area (Å²) in [6, 6.07) is 8.47. The van der Waals surface area contributed by atoms with Crippen molar-refractivity contribution in [1.29, 1.82) is 0 Å². The van der Waals surface area contributed by atoms with E-state index in [0.29, 0.717) is 0 Å². The summed E-state index contributed by atoms with van der Waals surface area (Å²) in [5, 5.41) is 3.31. The minimum Gasteiger partial charge on any atom is -0.497 e. The monoisotopic (exact) mass is 373 g/mol. The summed E-state index contributed by atoms with van der Waals surface area (Å²) in [6.07, 6.45) is 5.68. The molecule has 1 aliphatic heterocycles. The number of nitrogens with zero attached hydrogens (tertiary/aromatic N) is 3. The SMILES string of the molecule is CCN(Cc1nccs1)CC1CCCN(CCc2cccc(OC)c2)C1. The van der Waals surface area contributed by atoms with Crippen molar-refractivity contribution in [2.24, 2.45) is 5.92 Å². The van der Waals surface area contributed by atoms with Crippen molar-refractivity contribution in [2.75, 3.05) is 39.8 Å². The highest BCUT2D eigenvalue weighted by Crippen LogP contribution is 2.20. The Morgan fingerprint density at radius 3 is 3.08 bits per heavy atom. The first-order valence-electron chi connectivity index (χ1n) is 9.73. The highest BCUT2D eigenvalue weighted by molar-refractivity contribution is 7.09. The second kappa shape index (κ2) is 10.0. The number of piperidine rings is 1. The summed E-state index contributed by atoms with van der Waals surface area (Å²) in [5.41, 5.74) is 1.37. The zero-order valence-corrected chi connectivity index (χ0v) is 16.9. The first-order chi connectivity index (χ1) is 12.8. The molecule has 0 radical (unpaired) electrons. The van der Waals surface area contributed by atoms with Crippen LogP contribution < -0.4 is 4.74 Å². The van der Waals surface area contributed by atoms with Crippen LogP contribution in [0.3, 0.4) is 0 Å². The molecule has 1 aromatic heterocycles. The van der Waals surface area contributed by atoms with Gasteiger partial charge < -0.3 is 9.64 Å². The van der Waals surface area contributed by atoms with E-state index < -0.39 is 0 Å². The first-order valence-corrected chi connectivity index (χ1v) is 10.6. The molecule has 3 rings (SSSR count). The predicted molar refractivity (Wildman–Crippen MR) is 109 cm³/mol. The van der Waals surface area contributed by atoms with Gasteiger partial charge in [-0.05, 0) is 56.0 Å². The van der Waals surface area contributed by atoms with Crippen LogP contribution in [0.15, 0.2) is 35.8 Å². The maximum Gasteiger partial charge on any atom is 0.119 e. The third-order valence-electron chi connectivity index (χ3n) is 5.26. The first kappa shape index (κ1) is 19.3. The Balaban J connectivity index is 1.47. The smallest absolute Gasteiger partial charge is 0.119 e. The van der Waals surface area contributed by atoms with Crippen LogP contribution in [0.5, 0.6) is 5.75 Å². The lowest BCUT2D eigenvalue weighted by molar-refractivity contribution is 0.133. The van der Waals surface area contributed by atoms with E-state index in [2.05, 4.69) is 45.3 Å². The van der Waals surface area contributed by atoms with Gasteiger partial charge in [-0.15, -0.1) is 11.3 Å². The van der Waals surface area contributed by atoms with E-state index in [1.54, 1.807) is 18.4 Å². The lowest BCUT2D eigenvalue weighted by Gasteiger charge is -2.35. The Kier molecular flexibility index (Phi) is 7.47. The molecule has 0 N–H and O–H groups in total. The summed E-state index contributed by atoms with van der Waals surface area (Å²) in [7, 11) is 1.74. The topological polar surface area (TPSA) is 28.6 Å². The Morgan fingerprint density at radius 2 is 2.31 bits per heavy atom. The highest BCUT2D eigenvalue weighted by Gasteiger charge is 2.22. The van der Waals surface area contributed by atoms with E-state index in [9.17, 15) is 0 Å². The molecular formula is C21H31N3OS. The zero-order valence-electron chi connectivity index (χ0n) is 16.1. The van der Waals surface area contributed by atoms with Crippen LogP contribution in [0.1, 0.15) is 30.3 Å². The molecule has 0 amide bonds. The van der Waals surface area contributed by atoms with Gasteiger partial charge in [-0.1, -0.05) is 19.1 Å². The molecule has 5 heteroatoms. The van der Waals surface area contributed by atoms with Crippen molar-refractivity contribution < 1.29 is 4.74 Å². The molecule has 1 atom stereocenters. The van der Waals surface area contributed by atoms with Crippen LogP contribution >= 0.6 is 11.3 Å². The van der Waals surface area contributed by atoms with Gasteiger partial charge in [0.25, 0.3) is 0 Å². The minimum absolute atomic E-state index is 0.772. The Bertz CT molecular complexity index is 646. The van der Waals surface area contributed by atoms with Crippen molar-refractivity contribution in [2.45, 2.75) is 32.7 Å². The van der Waals surface area contributed by atoms with Gasteiger partial charge in [0, 0.05) is 31.2 Å². The number of likely N-dealkylation sites (tertiary alicyclic amines) is 1. The fourth-order valence-corrected chi connectivity index (χ4v) is 4.47. The zero-order chi connectivity index (χ0) is 18.2. The average molecular weight is 374 g/mol. The van der Waals surface area contributed by atoms with Gasteiger partial charge in [-0.25, -0.2) is 4.98 Å². The maximum atomic E-state index is 5.34. The molecule has 2 heterocycles. The fraction of sp³-hybridized carbons (Fsp3) is 0.571. The van der Waals surface area contributed by atoms with E-state index in [4.69, 9.17) is 4.74 Å². The van der Waals surface area contributed by atoms with Gasteiger partial charge in [0.15, 0.2) is 0 Å². The fourth-order valence-electron chi connectivity index (χ4n) is 3.81. The largest absolute Gasteiger partial charge is 0.497 e. The maximum absolute atomic E-state index is 5.34. The summed E-state index contributed by atoms with van der Waals surface area (Å²) in [6.45, 7) is 9.14. The van der Waals surface area contributed by atoms with Crippen LogP contribution in [-0.4, -0.2) is 54.6 Å². The Labute approximate surface area is 161 Å². The van der Waals surface area contributed by atoms with Gasteiger partial charge in [-0.3, -0.25) is 4.90 Å². The van der Waals surface area contributed by atoms with Crippen LogP contribution in [0.2, 0.25) is 0 Å². The lowest BCUT2D eigenvalue weighted by atomic mass is 9.97. The van der Waals surface area contributed by atoms with Gasteiger partial charge in [0.2, 0.25) is 0 Å².